The van der Waals surface area contributed by atoms with Gasteiger partial charge in [0.2, 0.25) is 0 Å². The first-order valence-corrected chi connectivity index (χ1v) is 9.85. The van der Waals surface area contributed by atoms with Crippen molar-refractivity contribution in [2.45, 2.75) is 19.4 Å². The quantitative estimate of drug-likeness (QED) is 0.699. The summed E-state index contributed by atoms with van der Waals surface area (Å²) >= 11 is 6.02. The molecule has 1 aliphatic heterocycles. The van der Waals surface area contributed by atoms with Crippen molar-refractivity contribution < 1.29 is 14.3 Å². The zero-order valence-corrected chi connectivity index (χ0v) is 16.8. The molecule has 6 heteroatoms. The van der Waals surface area contributed by atoms with Gasteiger partial charge in [-0.3, -0.25) is 4.79 Å². The average Bonchev–Trinajstić information content (AvgIpc) is 3.04. The number of benzene rings is 2. The van der Waals surface area contributed by atoms with Crippen LogP contribution in [-0.4, -0.2) is 30.4 Å². The Morgan fingerprint density at radius 2 is 2.07 bits per heavy atom. The van der Waals surface area contributed by atoms with Gasteiger partial charge < -0.3 is 15.0 Å². The summed E-state index contributed by atoms with van der Waals surface area (Å²) in [6, 6.07) is 10.6. The number of esters is 1. The van der Waals surface area contributed by atoms with Crippen molar-refractivity contribution in [2.75, 3.05) is 19.0 Å². The fourth-order valence-corrected chi connectivity index (χ4v) is 3.82. The first-order valence-electron chi connectivity index (χ1n) is 9.48. The number of methoxy groups -OCH3 is 1. The molecule has 0 fully saturated rings. The van der Waals surface area contributed by atoms with Gasteiger partial charge in [0.25, 0.3) is 5.91 Å². The maximum atomic E-state index is 12.7. The molecule has 5 nitrogen and oxygen atoms in total. The molecule has 0 spiro atoms. The molecule has 0 radical (unpaired) electrons. The molecule has 2 aromatic rings. The van der Waals surface area contributed by atoms with Crippen molar-refractivity contribution in [3.05, 3.63) is 81.9 Å². The largest absolute Gasteiger partial charge is 0.465 e. The fraction of sp³-hybridized carbons (Fsp3) is 0.217. The minimum absolute atomic E-state index is 0.0492. The van der Waals surface area contributed by atoms with E-state index in [1.807, 2.05) is 23.1 Å². The monoisotopic (exact) mass is 408 g/mol. The van der Waals surface area contributed by atoms with Gasteiger partial charge in [-0.05, 0) is 60.4 Å². The van der Waals surface area contributed by atoms with Crippen LogP contribution in [0.2, 0.25) is 5.02 Å². The van der Waals surface area contributed by atoms with E-state index >= 15 is 0 Å². The SMILES string of the molecule is COC(=O)c1cc(Cl)ccc1Nc1ccc2c(c1)CN(CC1=CCCC=C1)C2=O. The van der Waals surface area contributed by atoms with Crippen molar-refractivity contribution in [1.29, 1.82) is 0 Å². The molecule has 0 atom stereocenters. The van der Waals surface area contributed by atoms with Gasteiger partial charge >= 0.3 is 5.97 Å². The summed E-state index contributed by atoms with van der Waals surface area (Å²) in [5.74, 6) is -0.417. The Morgan fingerprint density at radius 1 is 1.21 bits per heavy atom. The van der Waals surface area contributed by atoms with Crippen LogP contribution in [0.5, 0.6) is 0 Å². The molecular weight excluding hydrogens is 388 g/mol. The van der Waals surface area contributed by atoms with E-state index in [1.54, 1.807) is 18.2 Å². The number of amides is 1. The zero-order valence-electron chi connectivity index (χ0n) is 16.1. The molecule has 0 saturated heterocycles. The standard InChI is InChI=1S/C23H21ClN2O3/c1-29-23(28)20-12-17(24)7-10-21(20)25-18-8-9-19-16(11-18)14-26(22(19)27)13-15-5-3-2-4-6-15/h3,5-12,25H,2,4,13-14H2,1H3. The smallest absolute Gasteiger partial charge is 0.340 e. The Bertz CT molecular complexity index is 1040. The highest BCUT2D eigenvalue weighted by Gasteiger charge is 2.28. The number of ether oxygens (including phenoxy) is 1. The first kappa shape index (κ1) is 19.3. The molecule has 1 N–H and O–H groups in total. The van der Waals surface area contributed by atoms with Crippen LogP contribution in [0.25, 0.3) is 0 Å². The number of rotatable bonds is 5. The third-order valence-electron chi connectivity index (χ3n) is 5.10. The number of nitrogens with one attached hydrogen (secondary N) is 1. The number of carbonyl (C=O) groups is 2. The van der Waals surface area contributed by atoms with Gasteiger partial charge in [0, 0.05) is 29.4 Å². The van der Waals surface area contributed by atoms with Gasteiger partial charge in [-0.1, -0.05) is 29.8 Å². The lowest BCUT2D eigenvalue weighted by Gasteiger charge is -2.17. The van der Waals surface area contributed by atoms with Crippen LogP contribution < -0.4 is 5.32 Å². The van der Waals surface area contributed by atoms with Crippen molar-refractivity contribution in [1.82, 2.24) is 4.90 Å². The summed E-state index contributed by atoms with van der Waals surface area (Å²) in [4.78, 5) is 26.7. The second kappa shape index (κ2) is 8.13. The van der Waals surface area contributed by atoms with E-state index in [0.717, 1.165) is 29.7 Å². The predicted molar refractivity (Wildman–Crippen MR) is 114 cm³/mol. The maximum absolute atomic E-state index is 12.7. The van der Waals surface area contributed by atoms with E-state index < -0.39 is 5.97 Å². The average molecular weight is 409 g/mol. The number of hydrogen-bond acceptors (Lipinski definition) is 4. The number of hydrogen-bond donors (Lipinski definition) is 1. The Kier molecular flexibility index (Phi) is 5.41. The summed E-state index contributed by atoms with van der Waals surface area (Å²) < 4.78 is 4.84. The van der Waals surface area contributed by atoms with Crippen LogP contribution in [0.15, 0.2) is 60.2 Å². The normalized spacial score (nSPS) is 15.2. The van der Waals surface area contributed by atoms with Crippen molar-refractivity contribution >= 4 is 34.9 Å². The summed E-state index contributed by atoms with van der Waals surface area (Å²) in [5, 5.41) is 3.70. The predicted octanol–water partition coefficient (Wildman–Crippen LogP) is 5.10. The number of fused-ring (bicyclic) bond motifs is 1. The Balaban J connectivity index is 1.54. The lowest BCUT2D eigenvalue weighted by atomic mass is 10.1. The van der Waals surface area contributed by atoms with Gasteiger partial charge in [-0.25, -0.2) is 4.79 Å². The minimum atomic E-state index is -0.466. The first-order chi connectivity index (χ1) is 14.0. The van der Waals surface area contributed by atoms with E-state index in [9.17, 15) is 9.59 Å². The lowest BCUT2D eigenvalue weighted by molar-refractivity contribution is 0.0601. The van der Waals surface area contributed by atoms with Gasteiger partial charge in [0.1, 0.15) is 0 Å². The molecule has 1 amide bonds. The van der Waals surface area contributed by atoms with Crippen LogP contribution in [0, 0.1) is 0 Å². The summed E-state index contributed by atoms with van der Waals surface area (Å²) in [6.07, 6.45) is 8.53. The lowest BCUT2D eigenvalue weighted by Crippen LogP contribution is -2.26. The van der Waals surface area contributed by atoms with Crippen molar-refractivity contribution in [3.63, 3.8) is 0 Å². The highest BCUT2D eigenvalue weighted by molar-refractivity contribution is 6.31. The zero-order chi connectivity index (χ0) is 20.4. The van der Waals surface area contributed by atoms with E-state index in [-0.39, 0.29) is 5.91 Å². The number of halogens is 1. The summed E-state index contributed by atoms with van der Waals surface area (Å²) in [6.45, 7) is 1.19. The van der Waals surface area contributed by atoms with Gasteiger partial charge in [0.15, 0.2) is 0 Å². The maximum Gasteiger partial charge on any atom is 0.340 e. The Morgan fingerprint density at radius 3 is 2.83 bits per heavy atom. The molecule has 148 valence electrons. The highest BCUT2D eigenvalue weighted by Crippen LogP contribution is 2.30. The number of nitrogens with zero attached hydrogens (tertiary/aromatic N) is 1. The second-order valence-electron chi connectivity index (χ2n) is 7.10. The number of anilines is 2. The molecule has 1 heterocycles. The Hall–Kier alpha value is -3.05. The van der Waals surface area contributed by atoms with Gasteiger partial charge in [0.05, 0.1) is 18.4 Å². The van der Waals surface area contributed by atoms with Crippen LogP contribution in [-0.2, 0) is 11.3 Å². The molecule has 0 saturated carbocycles. The third-order valence-corrected chi connectivity index (χ3v) is 5.33. The molecule has 0 unspecified atom stereocenters. The van der Waals surface area contributed by atoms with E-state index in [4.69, 9.17) is 16.3 Å². The van der Waals surface area contributed by atoms with Crippen LogP contribution >= 0.6 is 11.6 Å². The summed E-state index contributed by atoms with van der Waals surface area (Å²) in [7, 11) is 1.33. The van der Waals surface area contributed by atoms with E-state index in [2.05, 4.69) is 23.5 Å². The molecule has 29 heavy (non-hydrogen) atoms. The summed E-state index contributed by atoms with van der Waals surface area (Å²) in [5.41, 5.74) is 4.62. The third kappa shape index (κ3) is 4.05. The van der Waals surface area contributed by atoms with E-state index in [1.165, 1.54) is 12.7 Å². The highest BCUT2D eigenvalue weighted by atomic mass is 35.5. The Labute approximate surface area is 174 Å². The van der Waals surface area contributed by atoms with Crippen LogP contribution in [0.3, 0.4) is 0 Å². The number of allylic oxidation sites excluding steroid dienone is 2. The second-order valence-corrected chi connectivity index (χ2v) is 7.53. The number of carbonyl (C=O) groups excluding carboxylic acids is 2. The molecule has 2 aliphatic rings. The van der Waals surface area contributed by atoms with Gasteiger partial charge in [-0.15, -0.1) is 0 Å². The minimum Gasteiger partial charge on any atom is -0.465 e. The molecule has 1 aliphatic carbocycles. The van der Waals surface area contributed by atoms with Crippen LogP contribution in [0.4, 0.5) is 11.4 Å². The van der Waals surface area contributed by atoms with E-state index in [0.29, 0.717) is 29.4 Å². The molecule has 0 aromatic heterocycles. The van der Waals surface area contributed by atoms with Crippen molar-refractivity contribution in [3.8, 4) is 0 Å². The molecular formula is C23H21ClN2O3. The topological polar surface area (TPSA) is 58.6 Å². The molecule has 4 rings (SSSR count). The van der Waals surface area contributed by atoms with Crippen molar-refractivity contribution in [2.24, 2.45) is 0 Å². The fourth-order valence-electron chi connectivity index (χ4n) is 3.65. The molecule has 2 aromatic carbocycles. The van der Waals surface area contributed by atoms with Crippen LogP contribution in [0.1, 0.15) is 39.1 Å². The van der Waals surface area contributed by atoms with Gasteiger partial charge in [-0.2, -0.15) is 0 Å². The molecule has 0 bridgehead atoms.